The van der Waals surface area contributed by atoms with Crippen LogP contribution >= 0.6 is 0 Å². The fourth-order valence-corrected chi connectivity index (χ4v) is 4.07. The van der Waals surface area contributed by atoms with Crippen LogP contribution in [0.1, 0.15) is 59.3 Å². The summed E-state index contributed by atoms with van der Waals surface area (Å²) in [5.74, 6) is 2.51. The summed E-state index contributed by atoms with van der Waals surface area (Å²) in [4.78, 5) is 0. The van der Waals surface area contributed by atoms with Gasteiger partial charge in [-0.2, -0.15) is 0 Å². The summed E-state index contributed by atoms with van der Waals surface area (Å²) in [7, 11) is -1.83. The summed E-state index contributed by atoms with van der Waals surface area (Å²) < 4.78 is 36.5. The summed E-state index contributed by atoms with van der Waals surface area (Å²) in [5, 5.41) is 0. The van der Waals surface area contributed by atoms with Gasteiger partial charge in [-0.25, -0.2) is 0 Å². The minimum Gasteiger partial charge on any atom is -0.494 e. The highest BCUT2D eigenvalue weighted by Gasteiger charge is 2.43. The Balaban J connectivity index is 1.50. The molecular formula is C30H39B3O6. The topological polar surface area (TPSA) is 55.4 Å². The first-order chi connectivity index (χ1) is 19.2. The molecule has 0 unspecified atom stereocenters. The maximum atomic E-state index is 6.33. The molecule has 3 aromatic rings. The van der Waals surface area contributed by atoms with Gasteiger partial charge in [-0.3, -0.25) is 0 Å². The van der Waals surface area contributed by atoms with Crippen LogP contribution in [0, 0.1) is 0 Å². The highest BCUT2D eigenvalue weighted by Crippen LogP contribution is 2.16. The molecule has 204 valence electrons. The van der Waals surface area contributed by atoms with Crippen LogP contribution in [0.5, 0.6) is 17.2 Å². The molecule has 4 rings (SSSR count). The first kappa shape index (κ1) is 29.1. The van der Waals surface area contributed by atoms with Crippen LogP contribution in [-0.4, -0.2) is 41.2 Å². The third kappa shape index (κ3) is 8.82. The smallest absolute Gasteiger partial charge is 0.467 e. The van der Waals surface area contributed by atoms with E-state index in [9.17, 15) is 0 Å². The van der Waals surface area contributed by atoms with Crippen molar-refractivity contribution in [2.75, 3.05) is 19.8 Å². The molecule has 0 aliphatic carbocycles. The van der Waals surface area contributed by atoms with Crippen molar-refractivity contribution in [2.45, 2.75) is 59.3 Å². The van der Waals surface area contributed by atoms with Crippen LogP contribution in [0.2, 0.25) is 0 Å². The molecule has 0 saturated carbocycles. The van der Waals surface area contributed by atoms with Crippen molar-refractivity contribution in [2.24, 2.45) is 0 Å². The SMILES string of the molecule is CCCCOc1ccc(B2OB(c3ccc(OCCCC)cc3)OB(c3ccc(OCCCC)cc3)O2)cc1. The van der Waals surface area contributed by atoms with Crippen molar-refractivity contribution in [3.05, 3.63) is 72.8 Å². The number of unbranched alkanes of at least 4 members (excludes halogenated alkanes) is 3. The van der Waals surface area contributed by atoms with Crippen molar-refractivity contribution in [3.8, 4) is 17.2 Å². The molecule has 9 heteroatoms. The quantitative estimate of drug-likeness (QED) is 0.209. The fourth-order valence-electron chi connectivity index (χ4n) is 4.07. The van der Waals surface area contributed by atoms with Crippen LogP contribution < -0.4 is 30.6 Å². The van der Waals surface area contributed by atoms with E-state index in [0.29, 0.717) is 19.8 Å². The van der Waals surface area contributed by atoms with Gasteiger partial charge in [0.15, 0.2) is 0 Å². The van der Waals surface area contributed by atoms with Crippen LogP contribution in [0.4, 0.5) is 0 Å². The fraction of sp³-hybridized carbons (Fsp3) is 0.400. The van der Waals surface area contributed by atoms with E-state index in [2.05, 4.69) is 20.8 Å². The van der Waals surface area contributed by atoms with E-state index in [1.807, 2.05) is 72.8 Å². The minimum atomic E-state index is -0.612. The Labute approximate surface area is 234 Å². The zero-order valence-corrected chi connectivity index (χ0v) is 23.5. The Bertz CT molecular complexity index is 948. The van der Waals surface area contributed by atoms with E-state index >= 15 is 0 Å². The van der Waals surface area contributed by atoms with Gasteiger partial charge in [0.2, 0.25) is 0 Å². The molecule has 6 nitrogen and oxygen atoms in total. The molecule has 0 atom stereocenters. The molecule has 1 aliphatic heterocycles. The van der Waals surface area contributed by atoms with Crippen LogP contribution in [0.15, 0.2) is 72.8 Å². The Hall–Kier alpha value is -2.87. The van der Waals surface area contributed by atoms with Gasteiger partial charge in [0, 0.05) is 0 Å². The zero-order chi connectivity index (χ0) is 27.3. The van der Waals surface area contributed by atoms with Crippen molar-refractivity contribution < 1.29 is 27.9 Å². The second-order valence-corrected chi connectivity index (χ2v) is 9.72. The summed E-state index contributed by atoms with van der Waals surface area (Å²) in [6, 6.07) is 23.7. The van der Waals surface area contributed by atoms with Crippen molar-refractivity contribution in [1.82, 2.24) is 0 Å². The summed E-state index contributed by atoms with van der Waals surface area (Å²) >= 11 is 0. The molecule has 1 heterocycles. The van der Waals surface area contributed by atoms with Gasteiger partial charge in [0.25, 0.3) is 0 Å². The molecule has 39 heavy (non-hydrogen) atoms. The normalized spacial score (nSPS) is 13.5. The molecule has 1 fully saturated rings. The van der Waals surface area contributed by atoms with Gasteiger partial charge in [-0.1, -0.05) is 76.4 Å². The largest absolute Gasteiger partial charge is 0.494 e. The van der Waals surface area contributed by atoms with Gasteiger partial charge in [-0.05, 0) is 72.0 Å². The Kier molecular flexibility index (Phi) is 11.7. The van der Waals surface area contributed by atoms with Crippen molar-refractivity contribution in [3.63, 3.8) is 0 Å². The second-order valence-electron chi connectivity index (χ2n) is 9.72. The lowest BCUT2D eigenvalue weighted by atomic mass is 9.61. The lowest BCUT2D eigenvalue weighted by Crippen LogP contribution is -2.61. The third-order valence-electron chi connectivity index (χ3n) is 6.50. The number of rotatable bonds is 15. The van der Waals surface area contributed by atoms with E-state index in [-0.39, 0.29) is 0 Å². The van der Waals surface area contributed by atoms with Crippen LogP contribution in [-0.2, 0) is 13.7 Å². The van der Waals surface area contributed by atoms with E-state index in [1.54, 1.807) is 0 Å². The van der Waals surface area contributed by atoms with E-state index in [0.717, 1.165) is 72.2 Å². The lowest BCUT2D eigenvalue weighted by molar-refractivity contribution is 0.306. The molecule has 0 radical (unpaired) electrons. The standard InChI is InChI=1S/C30H39B3O6/c1-4-7-22-34-28-16-10-25(11-17-28)31-37-32(26-12-18-29(19-13-26)35-23-8-5-2)39-33(38-31)27-14-20-30(21-15-27)36-24-9-6-3/h10-21H,4-9,22-24H2,1-3H3. The molecular weight excluding hydrogens is 489 g/mol. The highest BCUT2D eigenvalue weighted by atomic mass is 16.7. The Morgan fingerprint density at radius 1 is 0.436 bits per heavy atom. The summed E-state index contributed by atoms with van der Waals surface area (Å²) in [5.41, 5.74) is 2.69. The Morgan fingerprint density at radius 3 is 0.923 bits per heavy atom. The minimum absolute atomic E-state index is 0.612. The van der Waals surface area contributed by atoms with E-state index in [1.165, 1.54) is 0 Å². The van der Waals surface area contributed by atoms with Crippen molar-refractivity contribution >= 4 is 37.7 Å². The molecule has 3 aromatic carbocycles. The van der Waals surface area contributed by atoms with Gasteiger partial charge >= 0.3 is 21.4 Å². The van der Waals surface area contributed by atoms with Crippen LogP contribution in [0.3, 0.4) is 0 Å². The van der Waals surface area contributed by atoms with Crippen molar-refractivity contribution in [1.29, 1.82) is 0 Å². The number of hydrogen-bond acceptors (Lipinski definition) is 6. The average Bonchev–Trinajstić information content (AvgIpc) is 2.98. The molecule has 0 bridgehead atoms. The maximum absolute atomic E-state index is 6.33. The highest BCUT2D eigenvalue weighted by molar-refractivity contribution is 6.87. The first-order valence-corrected chi connectivity index (χ1v) is 14.3. The molecule has 0 spiro atoms. The maximum Gasteiger partial charge on any atom is 0.467 e. The Morgan fingerprint density at radius 2 is 0.692 bits per heavy atom. The summed E-state index contributed by atoms with van der Waals surface area (Å²) in [6.45, 7) is 8.58. The number of benzene rings is 3. The van der Waals surface area contributed by atoms with Crippen LogP contribution in [0.25, 0.3) is 0 Å². The summed E-state index contributed by atoms with van der Waals surface area (Å²) in [6.07, 6.45) is 6.39. The molecule has 0 aromatic heterocycles. The number of hydrogen-bond donors (Lipinski definition) is 0. The predicted molar refractivity (Wildman–Crippen MR) is 160 cm³/mol. The second kappa shape index (κ2) is 15.7. The molecule has 1 saturated heterocycles. The van der Waals surface area contributed by atoms with Gasteiger partial charge in [0.05, 0.1) is 19.8 Å². The average molecular weight is 528 g/mol. The van der Waals surface area contributed by atoms with Gasteiger partial charge < -0.3 is 27.9 Å². The van der Waals surface area contributed by atoms with Gasteiger partial charge in [0.1, 0.15) is 17.2 Å². The monoisotopic (exact) mass is 528 g/mol. The third-order valence-corrected chi connectivity index (χ3v) is 6.50. The predicted octanol–water partition coefficient (Wildman–Crippen LogP) is 4.77. The molecule has 0 amide bonds. The first-order valence-electron chi connectivity index (χ1n) is 14.3. The van der Waals surface area contributed by atoms with E-state index in [4.69, 9.17) is 27.9 Å². The zero-order valence-electron chi connectivity index (χ0n) is 23.5. The number of ether oxygens (including phenoxy) is 3. The van der Waals surface area contributed by atoms with E-state index < -0.39 is 21.4 Å². The lowest BCUT2D eigenvalue weighted by Gasteiger charge is -2.31. The molecule has 1 aliphatic rings. The van der Waals surface area contributed by atoms with Gasteiger partial charge in [-0.15, -0.1) is 0 Å². The molecule has 0 N–H and O–H groups in total.